The first-order valence-electron chi connectivity index (χ1n) is 7.81. The predicted molar refractivity (Wildman–Crippen MR) is 104 cm³/mol. The number of carbonyl (C=O) groups excluding carboxylic acids is 1. The molecule has 0 aliphatic carbocycles. The van der Waals surface area contributed by atoms with Gasteiger partial charge in [-0.2, -0.15) is 10.5 Å². The normalized spacial score (nSPS) is 9.50. The Hall–Kier alpha value is -3.49. The van der Waals surface area contributed by atoms with E-state index >= 15 is 0 Å². The molecule has 2 aromatic rings. The van der Waals surface area contributed by atoms with E-state index in [1.165, 1.54) is 33.5 Å². The fourth-order valence-corrected chi connectivity index (χ4v) is 2.94. The highest BCUT2D eigenvalue weighted by Crippen LogP contribution is 2.44. The minimum Gasteiger partial charge on any atom is -0.493 e. The van der Waals surface area contributed by atoms with Crippen LogP contribution in [0.2, 0.25) is 0 Å². The van der Waals surface area contributed by atoms with E-state index in [4.69, 9.17) is 29.5 Å². The van der Waals surface area contributed by atoms with Gasteiger partial charge < -0.3 is 18.9 Å². The molecule has 0 atom stereocenters. The first kappa shape index (κ1) is 20.8. The number of allylic oxidation sites excluding steroid dienone is 1. The molecule has 0 heterocycles. The van der Waals surface area contributed by atoms with Crippen LogP contribution in [0.15, 0.2) is 40.4 Å². The first-order valence-corrected chi connectivity index (χ1v) is 8.60. The van der Waals surface area contributed by atoms with E-state index in [0.29, 0.717) is 33.0 Å². The van der Waals surface area contributed by atoms with Gasteiger partial charge in [0.1, 0.15) is 23.5 Å². The number of nitrogens with zero attached hydrogens (tertiary/aromatic N) is 2. The fourth-order valence-electron chi connectivity index (χ4n) is 2.32. The zero-order valence-corrected chi connectivity index (χ0v) is 16.9. The van der Waals surface area contributed by atoms with Crippen molar-refractivity contribution in [3.8, 4) is 35.1 Å². The number of ether oxygens (including phenoxy) is 4. The number of rotatable bonds is 6. The molecular weight excluding hydrogens is 428 g/mol. The highest BCUT2D eigenvalue weighted by atomic mass is 79.9. The highest BCUT2D eigenvalue weighted by molar-refractivity contribution is 9.10. The molecular formula is C20H15BrN2O5. The molecule has 0 aliphatic rings. The average Bonchev–Trinajstić information content (AvgIpc) is 2.72. The third kappa shape index (κ3) is 4.43. The summed E-state index contributed by atoms with van der Waals surface area (Å²) < 4.78 is 21.6. The minimum absolute atomic E-state index is 0.0221. The van der Waals surface area contributed by atoms with Crippen LogP contribution in [0.1, 0.15) is 15.9 Å². The SMILES string of the molecule is COc1cc(C(=O)Oc2ccc(C=C(C#N)C#N)cc2)c(Br)c(OC)c1OC. The van der Waals surface area contributed by atoms with Crippen LogP contribution in [0.25, 0.3) is 6.08 Å². The number of benzene rings is 2. The number of nitriles is 2. The van der Waals surface area contributed by atoms with Gasteiger partial charge in [-0.15, -0.1) is 0 Å². The van der Waals surface area contributed by atoms with Crippen molar-refractivity contribution in [3.63, 3.8) is 0 Å². The molecule has 0 unspecified atom stereocenters. The van der Waals surface area contributed by atoms with E-state index in [1.807, 2.05) is 0 Å². The molecule has 0 amide bonds. The molecule has 142 valence electrons. The molecule has 0 N–H and O–H groups in total. The van der Waals surface area contributed by atoms with Crippen molar-refractivity contribution in [2.75, 3.05) is 21.3 Å². The highest BCUT2D eigenvalue weighted by Gasteiger charge is 2.24. The summed E-state index contributed by atoms with van der Waals surface area (Å²) in [6.45, 7) is 0. The summed E-state index contributed by atoms with van der Waals surface area (Å²) in [5.74, 6) is 0.614. The molecule has 0 saturated carbocycles. The Morgan fingerprint density at radius 1 is 1.00 bits per heavy atom. The van der Waals surface area contributed by atoms with Crippen molar-refractivity contribution < 1.29 is 23.7 Å². The van der Waals surface area contributed by atoms with Gasteiger partial charge in [0.05, 0.1) is 31.4 Å². The Morgan fingerprint density at radius 2 is 1.61 bits per heavy atom. The zero-order chi connectivity index (χ0) is 20.7. The molecule has 0 saturated heterocycles. The summed E-state index contributed by atoms with van der Waals surface area (Å²) in [7, 11) is 4.36. The molecule has 8 heteroatoms. The van der Waals surface area contributed by atoms with Crippen LogP contribution in [-0.4, -0.2) is 27.3 Å². The monoisotopic (exact) mass is 442 g/mol. The van der Waals surface area contributed by atoms with Gasteiger partial charge in [-0.1, -0.05) is 12.1 Å². The summed E-state index contributed by atoms with van der Waals surface area (Å²) in [4.78, 5) is 12.6. The van der Waals surface area contributed by atoms with Gasteiger partial charge in [0.25, 0.3) is 0 Å². The number of carbonyl (C=O) groups is 1. The quantitative estimate of drug-likeness (QED) is 0.376. The fraction of sp³-hybridized carbons (Fsp3) is 0.150. The van der Waals surface area contributed by atoms with Gasteiger partial charge in [0.15, 0.2) is 11.5 Å². The first-order chi connectivity index (χ1) is 13.5. The van der Waals surface area contributed by atoms with Crippen molar-refractivity contribution in [2.24, 2.45) is 0 Å². The van der Waals surface area contributed by atoms with Gasteiger partial charge in [0.2, 0.25) is 5.75 Å². The number of halogens is 1. The van der Waals surface area contributed by atoms with E-state index in [1.54, 1.807) is 36.4 Å². The largest absolute Gasteiger partial charge is 0.493 e. The number of hydrogen-bond acceptors (Lipinski definition) is 7. The Bertz CT molecular complexity index is 985. The molecule has 0 radical (unpaired) electrons. The van der Waals surface area contributed by atoms with Crippen molar-refractivity contribution in [2.45, 2.75) is 0 Å². The topological polar surface area (TPSA) is 102 Å². The minimum atomic E-state index is -0.635. The Balaban J connectivity index is 2.32. The number of methoxy groups -OCH3 is 3. The second-order valence-electron chi connectivity index (χ2n) is 5.25. The van der Waals surface area contributed by atoms with Crippen LogP contribution < -0.4 is 18.9 Å². The van der Waals surface area contributed by atoms with Gasteiger partial charge in [-0.25, -0.2) is 4.79 Å². The second kappa shape index (κ2) is 9.45. The summed E-state index contributed by atoms with van der Waals surface area (Å²) in [5, 5.41) is 17.6. The Kier molecular flexibility index (Phi) is 7.02. The molecule has 0 bridgehead atoms. The van der Waals surface area contributed by atoms with Gasteiger partial charge in [-0.05, 0) is 45.8 Å². The van der Waals surface area contributed by atoms with E-state index in [2.05, 4.69) is 15.9 Å². The average molecular weight is 443 g/mol. The van der Waals surface area contributed by atoms with Crippen LogP contribution in [0.3, 0.4) is 0 Å². The lowest BCUT2D eigenvalue weighted by atomic mass is 10.1. The molecule has 2 rings (SSSR count). The lowest BCUT2D eigenvalue weighted by Gasteiger charge is -2.16. The van der Waals surface area contributed by atoms with Crippen LogP contribution in [0, 0.1) is 22.7 Å². The van der Waals surface area contributed by atoms with Crippen LogP contribution in [-0.2, 0) is 0 Å². The Morgan fingerprint density at radius 3 is 2.11 bits per heavy atom. The van der Waals surface area contributed by atoms with Gasteiger partial charge >= 0.3 is 5.97 Å². The molecule has 0 fully saturated rings. The third-order valence-electron chi connectivity index (χ3n) is 3.63. The van der Waals surface area contributed by atoms with E-state index in [0.717, 1.165) is 0 Å². The lowest BCUT2D eigenvalue weighted by molar-refractivity contribution is 0.0732. The Labute approximate surface area is 170 Å². The maximum atomic E-state index is 12.6. The van der Waals surface area contributed by atoms with Crippen LogP contribution in [0.5, 0.6) is 23.0 Å². The second-order valence-corrected chi connectivity index (χ2v) is 6.04. The van der Waals surface area contributed by atoms with Gasteiger partial charge in [0, 0.05) is 0 Å². The van der Waals surface area contributed by atoms with Crippen molar-refractivity contribution >= 4 is 28.0 Å². The summed E-state index contributed by atoms with van der Waals surface area (Å²) >= 11 is 3.33. The van der Waals surface area contributed by atoms with Gasteiger partial charge in [-0.3, -0.25) is 0 Å². The molecule has 0 aliphatic heterocycles. The van der Waals surface area contributed by atoms with E-state index < -0.39 is 5.97 Å². The molecule has 0 aromatic heterocycles. The van der Waals surface area contributed by atoms with E-state index in [-0.39, 0.29) is 11.1 Å². The van der Waals surface area contributed by atoms with Crippen molar-refractivity contribution in [1.82, 2.24) is 0 Å². The van der Waals surface area contributed by atoms with Crippen molar-refractivity contribution in [1.29, 1.82) is 10.5 Å². The summed E-state index contributed by atoms with van der Waals surface area (Å²) in [6.07, 6.45) is 1.43. The standard InChI is InChI=1S/C20H15BrN2O5/c1-25-16-9-15(17(21)19(27-3)18(16)26-2)20(24)28-14-6-4-12(5-7-14)8-13(10-22)11-23/h4-9H,1-3H3. The lowest BCUT2D eigenvalue weighted by Crippen LogP contribution is -2.11. The third-order valence-corrected chi connectivity index (χ3v) is 4.42. The molecule has 28 heavy (non-hydrogen) atoms. The smallest absolute Gasteiger partial charge is 0.344 e. The van der Waals surface area contributed by atoms with Crippen LogP contribution >= 0.6 is 15.9 Å². The summed E-state index contributed by atoms with van der Waals surface area (Å²) in [6, 6.07) is 11.4. The van der Waals surface area contributed by atoms with Crippen LogP contribution in [0.4, 0.5) is 0 Å². The predicted octanol–water partition coefficient (Wildman–Crippen LogP) is 4.12. The van der Waals surface area contributed by atoms with E-state index in [9.17, 15) is 4.79 Å². The number of esters is 1. The maximum Gasteiger partial charge on any atom is 0.344 e. The summed E-state index contributed by atoms with van der Waals surface area (Å²) in [5.41, 5.74) is 0.799. The van der Waals surface area contributed by atoms with Crippen molar-refractivity contribution in [3.05, 3.63) is 51.5 Å². The number of hydrogen-bond donors (Lipinski definition) is 0. The zero-order valence-electron chi connectivity index (χ0n) is 15.3. The molecule has 2 aromatic carbocycles. The maximum absolute atomic E-state index is 12.6. The molecule has 0 spiro atoms. The molecule has 7 nitrogen and oxygen atoms in total.